The number of carbonyl (C=O) groups is 1. The van der Waals surface area contributed by atoms with Gasteiger partial charge in [-0.05, 0) is 43.3 Å². The van der Waals surface area contributed by atoms with Gasteiger partial charge in [-0.15, -0.1) is 0 Å². The van der Waals surface area contributed by atoms with Gasteiger partial charge in [0, 0.05) is 11.8 Å². The van der Waals surface area contributed by atoms with Crippen LogP contribution < -0.4 is 10.6 Å². The lowest BCUT2D eigenvalue weighted by molar-refractivity contribution is 0.102. The Morgan fingerprint density at radius 2 is 1.92 bits per heavy atom. The quantitative estimate of drug-likeness (QED) is 0.765. The highest BCUT2D eigenvalue weighted by Gasteiger charge is 2.08. The summed E-state index contributed by atoms with van der Waals surface area (Å²) in [5.74, 6) is 0.941. The van der Waals surface area contributed by atoms with E-state index in [1.807, 2.05) is 6.07 Å². The Bertz CT molecular complexity index is 892. The molecule has 0 spiro atoms. The van der Waals surface area contributed by atoms with E-state index in [0.29, 0.717) is 28.5 Å². The molecule has 7 heteroatoms. The molecule has 118 valence electrons. The van der Waals surface area contributed by atoms with Crippen LogP contribution in [0.2, 0.25) is 0 Å². The van der Waals surface area contributed by atoms with Crippen molar-refractivity contribution in [3.8, 4) is 6.07 Å². The van der Waals surface area contributed by atoms with Crippen molar-refractivity contribution in [1.29, 1.82) is 5.26 Å². The zero-order chi connectivity index (χ0) is 16.9. The van der Waals surface area contributed by atoms with E-state index in [2.05, 4.69) is 20.8 Å². The summed E-state index contributed by atoms with van der Waals surface area (Å²) < 4.78 is 4.96. The minimum absolute atomic E-state index is 0.279. The molecule has 0 aliphatic heterocycles. The number of hydrogen-bond donors (Lipinski definition) is 2. The molecule has 1 amide bonds. The summed E-state index contributed by atoms with van der Waals surface area (Å²) in [6.07, 6.45) is 1.54. The maximum atomic E-state index is 12.2. The first-order valence-corrected chi connectivity index (χ1v) is 7.12. The number of carbonyl (C=O) groups excluding carboxylic acids is 1. The van der Waals surface area contributed by atoms with Crippen LogP contribution in [-0.4, -0.2) is 16.0 Å². The minimum atomic E-state index is -0.330. The number of benzene rings is 1. The van der Waals surface area contributed by atoms with Gasteiger partial charge in [-0.25, -0.2) is 4.98 Å². The van der Waals surface area contributed by atoms with Crippen molar-refractivity contribution in [2.75, 3.05) is 10.6 Å². The Balaban J connectivity index is 1.65. The van der Waals surface area contributed by atoms with E-state index >= 15 is 0 Å². The van der Waals surface area contributed by atoms with Gasteiger partial charge >= 0.3 is 0 Å². The molecule has 2 heterocycles. The third-order valence-corrected chi connectivity index (χ3v) is 3.17. The Hall–Kier alpha value is -3.66. The summed E-state index contributed by atoms with van der Waals surface area (Å²) in [7, 11) is 0. The molecule has 0 radical (unpaired) electrons. The van der Waals surface area contributed by atoms with Crippen LogP contribution in [0.5, 0.6) is 0 Å². The molecule has 2 aromatic heterocycles. The van der Waals surface area contributed by atoms with E-state index in [1.165, 1.54) is 6.20 Å². The SMILES string of the molecule is Cc1cc(Nc2ccc(C(=O)Nc3ccc(C#N)cc3)nc2)no1. The van der Waals surface area contributed by atoms with E-state index in [0.717, 1.165) is 0 Å². The summed E-state index contributed by atoms with van der Waals surface area (Å²) in [6.45, 7) is 1.80. The number of amides is 1. The van der Waals surface area contributed by atoms with Gasteiger partial charge in [0.15, 0.2) is 5.82 Å². The van der Waals surface area contributed by atoms with Gasteiger partial charge in [0.25, 0.3) is 5.91 Å². The first-order chi connectivity index (χ1) is 11.6. The smallest absolute Gasteiger partial charge is 0.274 e. The number of anilines is 3. The third kappa shape index (κ3) is 3.56. The Morgan fingerprint density at radius 3 is 2.50 bits per heavy atom. The number of aryl methyl sites for hydroxylation is 1. The third-order valence-electron chi connectivity index (χ3n) is 3.17. The highest BCUT2D eigenvalue weighted by Crippen LogP contribution is 2.16. The summed E-state index contributed by atoms with van der Waals surface area (Å²) in [5.41, 5.74) is 2.10. The maximum Gasteiger partial charge on any atom is 0.274 e. The molecule has 3 rings (SSSR count). The summed E-state index contributed by atoms with van der Waals surface area (Å²) in [6, 6.07) is 13.7. The van der Waals surface area contributed by atoms with Crippen LogP contribution in [-0.2, 0) is 0 Å². The number of pyridine rings is 1. The van der Waals surface area contributed by atoms with Crippen molar-refractivity contribution < 1.29 is 9.32 Å². The number of nitrogens with zero attached hydrogens (tertiary/aromatic N) is 3. The van der Waals surface area contributed by atoms with Gasteiger partial charge in [-0.1, -0.05) is 5.16 Å². The van der Waals surface area contributed by atoms with Gasteiger partial charge in [-0.2, -0.15) is 5.26 Å². The van der Waals surface area contributed by atoms with Gasteiger partial charge < -0.3 is 15.2 Å². The summed E-state index contributed by atoms with van der Waals surface area (Å²) in [4.78, 5) is 16.3. The minimum Gasteiger partial charge on any atom is -0.360 e. The van der Waals surface area contributed by atoms with E-state index in [9.17, 15) is 4.79 Å². The zero-order valence-corrected chi connectivity index (χ0v) is 12.8. The van der Waals surface area contributed by atoms with E-state index in [4.69, 9.17) is 9.78 Å². The fraction of sp³-hybridized carbons (Fsp3) is 0.0588. The van der Waals surface area contributed by atoms with Gasteiger partial charge in [0.2, 0.25) is 0 Å². The molecule has 0 aliphatic carbocycles. The summed E-state index contributed by atoms with van der Waals surface area (Å²) in [5, 5.41) is 18.3. The van der Waals surface area contributed by atoms with Crippen molar-refractivity contribution >= 4 is 23.1 Å². The standard InChI is InChI=1S/C17H13N5O2/c1-11-8-16(22-24-11)20-14-6-7-15(19-10-14)17(23)21-13-4-2-12(9-18)3-5-13/h2-8,10H,1H3,(H,20,22)(H,21,23). The number of nitrogens with one attached hydrogen (secondary N) is 2. The molecule has 0 saturated heterocycles. The maximum absolute atomic E-state index is 12.2. The first kappa shape index (κ1) is 15.2. The predicted molar refractivity (Wildman–Crippen MR) is 87.9 cm³/mol. The van der Waals surface area contributed by atoms with Crippen molar-refractivity contribution in [1.82, 2.24) is 10.1 Å². The second-order valence-corrected chi connectivity index (χ2v) is 5.02. The first-order valence-electron chi connectivity index (χ1n) is 7.12. The lowest BCUT2D eigenvalue weighted by Crippen LogP contribution is -2.13. The van der Waals surface area contributed by atoms with Crippen LogP contribution in [0.25, 0.3) is 0 Å². The van der Waals surface area contributed by atoms with Crippen molar-refractivity contribution in [3.05, 3.63) is 65.7 Å². The van der Waals surface area contributed by atoms with Crippen molar-refractivity contribution in [3.63, 3.8) is 0 Å². The number of rotatable bonds is 4. The van der Waals surface area contributed by atoms with E-state index in [1.54, 1.807) is 49.4 Å². The van der Waals surface area contributed by atoms with Gasteiger partial charge in [-0.3, -0.25) is 4.79 Å². The van der Waals surface area contributed by atoms with Crippen LogP contribution >= 0.6 is 0 Å². The topological polar surface area (TPSA) is 104 Å². The number of aromatic nitrogens is 2. The van der Waals surface area contributed by atoms with Gasteiger partial charge in [0.1, 0.15) is 11.5 Å². The molecule has 0 bridgehead atoms. The predicted octanol–water partition coefficient (Wildman–Crippen LogP) is 3.25. The number of hydrogen-bond acceptors (Lipinski definition) is 6. The summed E-state index contributed by atoms with van der Waals surface area (Å²) >= 11 is 0. The van der Waals surface area contributed by atoms with E-state index < -0.39 is 0 Å². The Morgan fingerprint density at radius 1 is 1.17 bits per heavy atom. The van der Waals surface area contributed by atoms with Gasteiger partial charge in [0.05, 0.1) is 23.5 Å². The highest BCUT2D eigenvalue weighted by atomic mass is 16.5. The Kier molecular flexibility index (Phi) is 4.21. The fourth-order valence-corrected chi connectivity index (χ4v) is 2.00. The molecule has 0 atom stereocenters. The molecular weight excluding hydrogens is 306 g/mol. The highest BCUT2D eigenvalue weighted by molar-refractivity contribution is 6.02. The molecule has 24 heavy (non-hydrogen) atoms. The molecule has 0 unspecified atom stereocenters. The molecule has 1 aromatic carbocycles. The average Bonchev–Trinajstić information content (AvgIpc) is 3.01. The normalized spacial score (nSPS) is 10.0. The molecule has 0 fully saturated rings. The Labute approximate surface area is 137 Å². The number of nitriles is 1. The average molecular weight is 319 g/mol. The van der Waals surface area contributed by atoms with Crippen LogP contribution in [0.1, 0.15) is 21.8 Å². The fourth-order valence-electron chi connectivity index (χ4n) is 2.00. The molecule has 0 aliphatic rings. The van der Waals surface area contributed by atoms with Crippen LogP contribution in [0.3, 0.4) is 0 Å². The lowest BCUT2D eigenvalue weighted by atomic mass is 10.2. The monoisotopic (exact) mass is 319 g/mol. The van der Waals surface area contributed by atoms with Crippen LogP contribution in [0.4, 0.5) is 17.2 Å². The zero-order valence-electron chi connectivity index (χ0n) is 12.8. The largest absolute Gasteiger partial charge is 0.360 e. The van der Waals surface area contributed by atoms with Crippen molar-refractivity contribution in [2.45, 2.75) is 6.92 Å². The lowest BCUT2D eigenvalue weighted by Gasteiger charge is -2.06. The molecule has 7 nitrogen and oxygen atoms in total. The second kappa shape index (κ2) is 6.62. The van der Waals surface area contributed by atoms with Crippen molar-refractivity contribution in [2.24, 2.45) is 0 Å². The van der Waals surface area contributed by atoms with Crippen LogP contribution in [0.15, 0.2) is 53.2 Å². The second-order valence-electron chi connectivity index (χ2n) is 5.02. The molecule has 3 aromatic rings. The molecular formula is C17H13N5O2. The molecule has 0 saturated carbocycles. The van der Waals surface area contributed by atoms with E-state index in [-0.39, 0.29) is 11.6 Å². The van der Waals surface area contributed by atoms with Crippen LogP contribution in [0, 0.1) is 18.3 Å². The molecule has 2 N–H and O–H groups in total.